The zero-order valence-corrected chi connectivity index (χ0v) is 26.6. The van der Waals surface area contributed by atoms with E-state index in [4.69, 9.17) is 16.8 Å². The SMILES string of the molecule is Cc1ccc(-c2[c-]cccc2)nc1.[2H]C([2H])([2H])C(c1ccnc(-c2[c-]cc([Si](C)(C)C)c3c2oc2cnccc23)c1)(C([2H])([2H])[2H])C([2H])([2H])[2H].[Ir]. The molecule has 1 radical (unpaired) electrons. The van der Waals surface area contributed by atoms with Crippen LogP contribution >= 0.6 is 0 Å². The van der Waals surface area contributed by atoms with Gasteiger partial charge in [-0.05, 0) is 47.0 Å². The van der Waals surface area contributed by atoms with Gasteiger partial charge in [0.1, 0.15) is 5.58 Å². The van der Waals surface area contributed by atoms with E-state index in [1.54, 1.807) is 12.4 Å². The number of aryl methyl sites for hydroxylation is 1. The van der Waals surface area contributed by atoms with Crippen molar-refractivity contribution in [2.45, 2.75) is 52.5 Å². The quantitative estimate of drug-likeness (QED) is 0.135. The monoisotopic (exact) mass is 743 g/mol. The van der Waals surface area contributed by atoms with Crippen LogP contribution in [-0.2, 0) is 25.5 Å². The van der Waals surface area contributed by atoms with Crippen LogP contribution in [0, 0.1) is 19.1 Å². The van der Waals surface area contributed by atoms with Gasteiger partial charge in [0.2, 0.25) is 0 Å². The Morgan fingerprint density at radius 2 is 1.73 bits per heavy atom. The van der Waals surface area contributed by atoms with Crippen LogP contribution in [0.5, 0.6) is 0 Å². The van der Waals surface area contributed by atoms with Gasteiger partial charge in [0.05, 0.1) is 11.8 Å². The third kappa shape index (κ3) is 6.73. The molecule has 4 aromatic heterocycles. The van der Waals surface area contributed by atoms with E-state index in [0.29, 0.717) is 16.7 Å². The maximum atomic E-state index is 8.03. The smallest absolute Gasteiger partial charge is 0.139 e. The number of hydrogen-bond acceptors (Lipinski definition) is 4. The van der Waals surface area contributed by atoms with Crippen LogP contribution < -0.4 is 5.19 Å². The molecule has 0 bridgehead atoms. The van der Waals surface area contributed by atoms with Gasteiger partial charge in [-0.3, -0.25) is 4.98 Å². The number of fused-ring (bicyclic) bond motifs is 3. The van der Waals surface area contributed by atoms with Crippen LogP contribution in [0.4, 0.5) is 0 Å². The van der Waals surface area contributed by atoms with Crippen molar-refractivity contribution in [3.05, 3.63) is 109 Å². The van der Waals surface area contributed by atoms with Crippen LogP contribution in [-0.4, -0.2) is 23.0 Å². The van der Waals surface area contributed by atoms with Crippen LogP contribution in [0.25, 0.3) is 44.5 Å². The summed E-state index contributed by atoms with van der Waals surface area (Å²) in [7, 11) is -1.87. The minimum atomic E-state index is -3.37. The Balaban J connectivity index is 0.000000335. The predicted octanol–water partition coefficient (Wildman–Crippen LogP) is 8.54. The van der Waals surface area contributed by atoms with Gasteiger partial charge in [0, 0.05) is 64.5 Å². The van der Waals surface area contributed by atoms with E-state index < -0.39 is 34.0 Å². The number of nitrogens with zero attached hydrogens (tertiary/aromatic N) is 3. The summed E-state index contributed by atoms with van der Waals surface area (Å²) >= 11 is 0. The Labute approximate surface area is 270 Å². The first-order chi connectivity index (χ1) is 22.8. The summed E-state index contributed by atoms with van der Waals surface area (Å²) in [6.07, 6.45) is 6.35. The van der Waals surface area contributed by atoms with Crippen molar-refractivity contribution < 1.29 is 36.9 Å². The summed E-state index contributed by atoms with van der Waals surface area (Å²) in [5.41, 5.74) is 1.24. The van der Waals surface area contributed by atoms with Gasteiger partial charge < -0.3 is 14.4 Å². The zero-order chi connectivity index (χ0) is 36.0. The first kappa shape index (κ1) is 20.4. The van der Waals surface area contributed by atoms with Crippen molar-refractivity contribution in [2.24, 2.45) is 0 Å². The van der Waals surface area contributed by atoms with E-state index in [2.05, 4.69) is 52.8 Å². The molecule has 6 aromatic rings. The molecule has 0 fully saturated rings. The Kier molecular flexibility index (Phi) is 6.08. The standard InChI is InChI=1S/C23H25N2OSi.C12H10N.Ir/c1-23(2,3)15-9-12-25-18(13-15)16-7-8-20(27(4,5)6)21-17-10-11-24-14-19(17)26-22(16)21;1-10-7-8-12(13-9-10)11-5-3-2-4-6-11;/h8-14H,1-6H3;2-5,7-9H,1H3;/q2*-1;/i1D3,2D3,3D3;;. The van der Waals surface area contributed by atoms with E-state index in [9.17, 15) is 0 Å². The Bertz CT molecular complexity index is 2050. The Morgan fingerprint density at radius 1 is 0.902 bits per heavy atom. The fraction of sp³-hybridized carbons (Fsp3) is 0.229. The molecule has 0 aliphatic rings. The number of pyridine rings is 3. The first-order valence-electron chi connectivity index (χ1n) is 17.4. The molecule has 0 N–H and O–H groups in total. The van der Waals surface area contributed by atoms with E-state index >= 15 is 0 Å². The van der Waals surface area contributed by atoms with Crippen LogP contribution in [0.1, 0.15) is 44.0 Å². The van der Waals surface area contributed by atoms with Crippen LogP contribution in [0.15, 0.2) is 89.9 Å². The Morgan fingerprint density at radius 3 is 2.41 bits per heavy atom. The molecular formula is C35H35IrN3OSi-2. The number of hydrogen-bond donors (Lipinski definition) is 0. The molecular weight excluding hydrogens is 699 g/mol. The van der Waals surface area contributed by atoms with E-state index in [1.807, 2.05) is 55.6 Å². The normalized spacial score (nSPS) is 15.8. The van der Waals surface area contributed by atoms with E-state index in [1.165, 1.54) is 17.8 Å². The molecule has 6 rings (SSSR count). The largest absolute Gasteiger partial charge is 0.499 e. The molecule has 4 heterocycles. The summed E-state index contributed by atoms with van der Waals surface area (Å²) in [5, 5.41) is 2.80. The fourth-order valence-electron chi connectivity index (χ4n) is 4.44. The minimum Gasteiger partial charge on any atom is -0.499 e. The summed E-state index contributed by atoms with van der Waals surface area (Å²) < 4.78 is 78.4. The van der Waals surface area contributed by atoms with Crippen LogP contribution in [0.3, 0.4) is 0 Å². The van der Waals surface area contributed by atoms with Crippen molar-refractivity contribution in [3.63, 3.8) is 0 Å². The van der Waals surface area contributed by atoms with Gasteiger partial charge in [0.25, 0.3) is 0 Å². The third-order valence-corrected chi connectivity index (χ3v) is 8.51. The second-order valence-electron chi connectivity index (χ2n) is 10.7. The maximum Gasteiger partial charge on any atom is 0.139 e. The average Bonchev–Trinajstić information content (AvgIpc) is 3.39. The summed E-state index contributed by atoms with van der Waals surface area (Å²) in [6.45, 7) is -1.51. The van der Waals surface area contributed by atoms with Gasteiger partial charge in [-0.2, -0.15) is 0 Å². The maximum absolute atomic E-state index is 8.03. The van der Waals surface area contributed by atoms with Gasteiger partial charge in [-0.25, -0.2) is 0 Å². The van der Waals surface area contributed by atoms with E-state index in [0.717, 1.165) is 33.3 Å². The second kappa shape index (κ2) is 12.2. The molecule has 0 saturated carbocycles. The van der Waals surface area contributed by atoms with Gasteiger partial charge in [-0.1, -0.05) is 69.3 Å². The average molecular weight is 743 g/mol. The first-order valence-corrected chi connectivity index (χ1v) is 16.4. The molecule has 0 amide bonds. The minimum absolute atomic E-state index is 0. The predicted molar refractivity (Wildman–Crippen MR) is 169 cm³/mol. The molecule has 0 saturated heterocycles. The van der Waals surface area contributed by atoms with Crippen molar-refractivity contribution in [2.75, 3.05) is 0 Å². The number of rotatable bonds is 3. The molecule has 0 aliphatic heterocycles. The number of aromatic nitrogens is 3. The fourth-order valence-corrected chi connectivity index (χ4v) is 5.94. The van der Waals surface area contributed by atoms with Crippen molar-refractivity contribution in [1.82, 2.24) is 15.0 Å². The summed E-state index contributed by atoms with van der Waals surface area (Å²) in [4.78, 5) is 12.8. The zero-order valence-electron chi connectivity index (χ0n) is 32.2. The van der Waals surface area contributed by atoms with Gasteiger partial charge in [-0.15, -0.1) is 53.2 Å². The molecule has 211 valence electrons. The second-order valence-corrected chi connectivity index (χ2v) is 15.7. The Hall–Kier alpha value is -3.44. The van der Waals surface area contributed by atoms with Crippen molar-refractivity contribution in [3.8, 4) is 22.5 Å². The molecule has 41 heavy (non-hydrogen) atoms. The molecule has 4 nitrogen and oxygen atoms in total. The molecule has 6 heteroatoms. The van der Waals surface area contributed by atoms with Crippen LogP contribution in [0.2, 0.25) is 19.6 Å². The summed E-state index contributed by atoms with van der Waals surface area (Å²) in [5.74, 6) is 0. The van der Waals surface area contributed by atoms with E-state index in [-0.39, 0.29) is 31.4 Å². The van der Waals surface area contributed by atoms with Crippen molar-refractivity contribution >= 4 is 35.2 Å². The molecule has 0 unspecified atom stereocenters. The molecule has 0 atom stereocenters. The third-order valence-electron chi connectivity index (χ3n) is 6.50. The van der Waals surface area contributed by atoms with Crippen molar-refractivity contribution in [1.29, 1.82) is 0 Å². The van der Waals surface area contributed by atoms with Gasteiger partial charge >= 0.3 is 0 Å². The topological polar surface area (TPSA) is 51.8 Å². The molecule has 0 aliphatic carbocycles. The number of benzene rings is 2. The number of furan rings is 1. The molecule has 2 aromatic carbocycles. The van der Waals surface area contributed by atoms with Gasteiger partial charge in [0.15, 0.2) is 0 Å². The molecule has 0 spiro atoms. The summed E-state index contributed by atoms with van der Waals surface area (Å²) in [6, 6.07) is 24.3.